The van der Waals surface area contributed by atoms with Crippen LogP contribution in [0.2, 0.25) is 0 Å². The zero-order chi connectivity index (χ0) is 24.7. The van der Waals surface area contributed by atoms with Crippen molar-refractivity contribution in [2.45, 2.75) is 52.0 Å². The van der Waals surface area contributed by atoms with E-state index >= 15 is 0 Å². The van der Waals surface area contributed by atoms with Crippen LogP contribution in [0.25, 0.3) is 0 Å². The van der Waals surface area contributed by atoms with Crippen molar-refractivity contribution in [2.75, 3.05) is 0 Å². The summed E-state index contributed by atoms with van der Waals surface area (Å²) in [6, 6.07) is 0. The Morgan fingerprint density at radius 3 is 1.24 bits per heavy atom. The SMILES string of the molecule is Cc1oc(=O)oc1C(OC(=O)OC(c1oc(=O)oc1C)N1C(=O)CCC1=O)N1C(=O)CCC1=O. The summed E-state index contributed by atoms with van der Waals surface area (Å²) in [5.74, 6) is -6.59. The molecule has 15 heteroatoms. The molecule has 34 heavy (non-hydrogen) atoms. The topological polar surface area (TPSA) is 197 Å². The van der Waals surface area contributed by atoms with Crippen LogP contribution in [0.15, 0.2) is 27.3 Å². The molecule has 2 saturated heterocycles. The summed E-state index contributed by atoms with van der Waals surface area (Å²) in [4.78, 5) is 85.8. The maximum Gasteiger partial charge on any atom is 0.519 e. The van der Waals surface area contributed by atoms with Gasteiger partial charge in [0, 0.05) is 25.7 Å². The molecule has 2 aliphatic rings. The average Bonchev–Trinajstić information content (AvgIpc) is 3.47. The van der Waals surface area contributed by atoms with Gasteiger partial charge in [-0.15, -0.1) is 0 Å². The molecule has 0 aromatic carbocycles. The maximum atomic E-state index is 12.7. The summed E-state index contributed by atoms with van der Waals surface area (Å²) in [5, 5.41) is 0. The van der Waals surface area contributed by atoms with E-state index in [-0.39, 0.29) is 37.2 Å². The van der Waals surface area contributed by atoms with Crippen LogP contribution < -0.4 is 11.6 Å². The fraction of sp³-hybridized carbons (Fsp3) is 0.421. The zero-order valence-electron chi connectivity index (χ0n) is 17.7. The Morgan fingerprint density at radius 1 is 0.647 bits per heavy atom. The van der Waals surface area contributed by atoms with Crippen molar-refractivity contribution in [1.29, 1.82) is 0 Å². The Kier molecular flexibility index (Phi) is 5.68. The highest BCUT2D eigenvalue weighted by Crippen LogP contribution is 2.33. The highest BCUT2D eigenvalue weighted by Gasteiger charge is 2.45. The summed E-state index contributed by atoms with van der Waals surface area (Å²) in [7, 11) is 0. The first kappa shape index (κ1) is 22.8. The Morgan fingerprint density at radius 2 is 0.971 bits per heavy atom. The van der Waals surface area contributed by atoms with E-state index in [1.54, 1.807) is 0 Å². The number of rotatable bonds is 6. The van der Waals surface area contributed by atoms with E-state index in [1.807, 2.05) is 0 Å². The number of likely N-dealkylation sites (tertiary alicyclic amines) is 2. The lowest BCUT2D eigenvalue weighted by molar-refractivity contribution is -0.159. The lowest BCUT2D eigenvalue weighted by atomic mass is 10.3. The minimum atomic E-state index is -1.88. The number of carbonyl (C=O) groups excluding carboxylic acids is 5. The minimum Gasteiger partial charge on any atom is -0.402 e. The van der Waals surface area contributed by atoms with Gasteiger partial charge in [0.1, 0.15) is 0 Å². The van der Waals surface area contributed by atoms with Crippen LogP contribution in [0.5, 0.6) is 0 Å². The second-order valence-electron chi connectivity index (χ2n) is 7.25. The molecule has 15 nitrogen and oxygen atoms in total. The first-order valence-corrected chi connectivity index (χ1v) is 9.84. The van der Waals surface area contributed by atoms with Gasteiger partial charge in [0.15, 0.2) is 11.5 Å². The predicted octanol–water partition coefficient (Wildman–Crippen LogP) is 0.544. The van der Waals surface area contributed by atoms with Crippen LogP contribution in [0.1, 0.15) is 61.2 Å². The van der Waals surface area contributed by atoms with Gasteiger partial charge in [-0.2, -0.15) is 0 Å². The van der Waals surface area contributed by atoms with Gasteiger partial charge in [-0.25, -0.2) is 24.2 Å². The van der Waals surface area contributed by atoms with Gasteiger partial charge in [-0.1, -0.05) is 0 Å². The van der Waals surface area contributed by atoms with Crippen LogP contribution in [0.3, 0.4) is 0 Å². The third-order valence-corrected chi connectivity index (χ3v) is 5.07. The van der Waals surface area contributed by atoms with Gasteiger partial charge >= 0.3 is 17.8 Å². The van der Waals surface area contributed by atoms with Crippen LogP contribution in [0.4, 0.5) is 4.79 Å². The Labute approximate surface area is 187 Å². The van der Waals surface area contributed by atoms with Crippen molar-refractivity contribution < 1.29 is 51.1 Å². The van der Waals surface area contributed by atoms with E-state index in [9.17, 15) is 33.6 Å². The Hall–Kier alpha value is -4.43. The molecule has 4 rings (SSSR count). The third kappa shape index (κ3) is 4.02. The number of imide groups is 2. The standard InChI is InChI=1S/C19H16N2O13/c1-7-13(31-17(26)29-7)15(20-9(22)3-4-10(20)23)33-19(28)34-16(14-8(2)30-18(27)32-14)21-11(24)5-6-12(21)25/h15-16H,3-6H2,1-2H3. The summed E-state index contributed by atoms with van der Waals surface area (Å²) in [5.41, 5.74) is 0. The fourth-order valence-electron chi connectivity index (χ4n) is 3.53. The van der Waals surface area contributed by atoms with E-state index < -0.39 is 65.4 Å². The quantitative estimate of drug-likeness (QED) is 0.410. The van der Waals surface area contributed by atoms with Gasteiger partial charge in [0.2, 0.25) is 47.6 Å². The predicted molar refractivity (Wildman–Crippen MR) is 99.2 cm³/mol. The van der Waals surface area contributed by atoms with Crippen LogP contribution in [0, 0.1) is 13.8 Å². The van der Waals surface area contributed by atoms with Gasteiger partial charge in [0.05, 0.1) is 0 Å². The lowest BCUT2D eigenvalue weighted by Gasteiger charge is -2.27. The number of amides is 4. The van der Waals surface area contributed by atoms with Crippen molar-refractivity contribution in [1.82, 2.24) is 9.80 Å². The molecule has 2 aromatic rings. The molecule has 2 aliphatic heterocycles. The van der Waals surface area contributed by atoms with E-state index in [1.165, 1.54) is 13.8 Å². The monoisotopic (exact) mass is 480 g/mol. The fourth-order valence-corrected chi connectivity index (χ4v) is 3.53. The first-order valence-electron chi connectivity index (χ1n) is 9.84. The largest absolute Gasteiger partial charge is 0.519 e. The molecular formula is C19H16N2O13. The second-order valence-corrected chi connectivity index (χ2v) is 7.25. The first-order chi connectivity index (χ1) is 16.1. The van der Waals surface area contributed by atoms with Crippen LogP contribution >= 0.6 is 0 Å². The summed E-state index contributed by atoms with van der Waals surface area (Å²) >= 11 is 0. The number of aryl methyl sites for hydroxylation is 2. The number of carbonyl (C=O) groups is 5. The smallest absolute Gasteiger partial charge is 0.402 e. The van der Waals surface area contributed by atoms with E-state index in [0.717, 1.165) is 0 Å². The Balaban J connectivity index is 1.67. The zero-order valence-corrected chi connectivity index (χ0v) is 17.7. The van der Waals surface area contributed by atoms with Crippen molar-refractivity contribution in [3.05, 3.63) is 44.3 Å². The van der Waals surface area contributed by atoms with Gasteiger partial charge in [-0.05, 0) is 13.8 Å². The molecule has 0 radical (unpaired) electrons. The van der Waals surface area contributed by atoms with Crippen molar-refractivity contribution in [3.63, 3.8) is 0 Å². The van der Waals surface area contributed by atoms with Crippen LogP contribution in [-0.4, -0.2) is 39.6 Å². The van der Waals surface area contributed by atoms with E-state index in [4.69, 9.17) is 27.1 Å². The van der Waals surface area contributed by atoms with Crippen molar-refractivity contribution in [2.24, 2.45) is 0 Å². The third-order valence-electron chi connectivity index (χ3n) is 5.07. The highest BCUT2D eigenvalue weighted by atomic mass is 16.8. The Bertz CT molecular complexity index is 1180. The number of nitrogens with zero attached hydrogens (tertiary/aromatic N) is 2. The number of ether oxygens (including phenoxy) is 2. The molecule has 0 saturated carbocycles. The van der Waals surface area contributed by atoms with Gasteiger partial charge in [-0.3, -0.25) is 19.2 Å². The summed E-state index contributed by atoms with van der Waals surface area (Å²) in [6.07, 6.45) is -6.13. The minimum absolute atomic E-state index is 0.187. The molecule has 2 unspecified atom stereocenters. The molecule has 0 N–H and O–H groups in total. The lowest BCUT2D eigenvalue weighted by Crippen LogP contribution is -2.39. The van der Waals surface area contributed by atoms with Crippen LogP contribution in [-0.2, 0) is 28.7 Å². The molecule has 0 spiro atoms. The van der Waals surface area contributed by atoms with Gasteiger partial charge < -0.3 is 27.1 Å². The molecule has 4 amide bonds. The summed E-state index contributed by atoms with van der Waals surface area (Å²) in [6.45, 7) is 2.53. The maximum absolute atomic E-state index is 12.7. The van der Waals surface area contributed by atoms with Gasteiger partial charge in [0.25, 0.3) is 0 Å². The van der Waals surface area contributed by atoms with E-state index in [0.29, 0.717) is 9.80 Å². The molecule has 2 atom stereocenters. The number of hydrogen-bond donors (Lipinski definition) is 0. The molecular weight excluding hydrogens is 464 g/mol. The number of hydrogen-bond acceptors (Lipinski definition) is 13. The van der Waals surface area contributed by atoms with E-state index in [2.05, 4.69) is 0 Å². The average molecular weight is 480 g/mol. The second kappa shape index (κ2) is 8.49. The molecule has 0 aliphatic carbocycles. The van der Waals surface area contributed by atoms with Crippen molar-refractivity contribution >= 4 is 29.8 Å². The summed E-state index contributed by atoms with van der Waals surface area (Å²) < 4.78 is 29.3. The molecule has 4 heterocycles. The molecule has 2 fully saturated rings. The highest BCUT2D eigenvalue weighted by molar-refractivity contribution is 6.03. The van der Waals surface area contributed by atoms with Crippen molar-refractivity contribution in [3.8, 4) is 0 Å². The molecule has 180 valence electrons. The molecule has 2 aromatic heterocycles. The molecule has 0 bridgehead atoms. The normalized spacial score (nSPS) is 18.1.